The minimum atomic E-state index is 0.753. The van der Waals surface area contributed by atoms with Gasteiger partial charge in [0.15, 0.2) is 0 Å². The van der Waals surface area contributed by atoms with E-state index in [0.717, 1.165) is 5.82 Å². The molecule has 0 amide bonds. The molecule has 3 nitrogen and oxygen atoms in total. The Morgan fingerprint density at radius 2 is 2.25 bits per heavy atom. The first-order chi connectivity index (χ1) is 3.81. The van der Waals surface area contributed by atoms with Crippen LogP contribution in [0, 0.1) is 0 Å². The fourth-order valence-corrected chi connectivity index (χ4v) is 0.222. The summed E-state index contributed by atoms with van der Waals surface area (Å²) in [4.78, 5) is 0. The topological polar surface area (TPSA) is 36.1 Å². The van der Waals surface area contributed by atoms with Crippen molar-refractivity contribution in [2.75, 3.05) is 7.05 Å². The molecule has 0 heterocycles. The molecular formula is C4H11BN3. The molecule has 0 atom stereocenters. The Labute approximate surface area is 50.8 Å². The van der Waals surface area contributed by atoms with E-state index in [1.54, 1.807) is 14.5 Å². The monoisotopic (exact) mass is 112 g/mol. The van der Waals surface area contributed by atoms with E-state index in [4.69, 9.17) is 0 Å². The SMILES string of the molecule is C=C(NC)NN[B]C. The van der Waals surface area contributed by atoms with Crippen molar-refractivity contribution in [3.8, 4) is 0 Å². The summed E-state index contributed by atoms with van der Waals surface area (Å²) < 4.78 is 0. The molecule has 3 N–H and O–H groups in total. The average Bonchev–Trinajstić information content (AvgIpc) is 1.83. The molecule has 45 valence electrons. The maximum Gasteiger partial charge on any atom is 0.229 e. The Balaban J connectivity index is 2.99. The van der Waals surface area contributed by atoms with Crippen molar-refractivity contribution in [3.63, 3.8) is 0 Å². The molecule has 4 heteroatoms. The molecule has 0 aromatic carbocycles. The van der Waals surface area contributed by atoms with Crippen molar-refractivity contribution >= 4 is 7.41 Å². The summed E-state index contributed by atoms with van der Waals surface area (Å²) in [5.41, 5.74) is 2.77. The van der Waals surface area contributed by atoms with Crippen molar-refractivity contribution in [3.05, 3.63) is 12.4 Å². The van der Waals surface area contributed by atoms with Gasteiger partial charge in [-0.25, -0.2) is 0 Å². The third-order valence-electron chi connectivity index (χ3n) is 0.669. The zero-order valence-corrected chi connectivity index (χ0v) is 5.28. The largest absolute Gasteiger partial charge is 0.374 e. The van der Waals surface area contributed by atoms with E-state index < -0.39 is 0 Å². The van der Waals surface area contributed by atoms with Gasteiger partial charge in [0.2, 0.25) is 7.41 Å². The van der Waals surface area contributed by atoms with E-state index in [1.165, 1.54) is 0 Å². The Kier molecular flexibility index (Phi) is 4.16. The highest BCUT2D eigenvalue weighted by atomic mass is 15.4. The third-order valence-corrected chi connectivity index (χ3v) is 0.669. The van der Waals surface area contributed by atoms with Crippen LogP contribution in [-0.2, 0) is 0 Å². The van der Waals surface area contributed by atoms with Crippen LogP contribution in [0.3, 0.4) is 0 Å². The maximum atomic E-state index is 3.61. The smallest absolute Gasteiger partial charge is 0.229 e. The average molecular weight is 112 g/mol. The summed E-state index contributed by atoms with van der Waals surface area (Å²) in [5, 5.41) is 5.57. The van der Waals surface area contributed by atoms with E-state index in [1.807, 2.05) is 6.82 Å². The van der Waals surface area contributed by atoms with E-state index in [2.05, 4.69) is 22.7 Å². The van der Waals surface area contributed by atoms with Gasteiger partial charge in [-0.2, -0.15) is 0 Å². The standard InChI is InChI=1S/C4H11BN3/c1-4(6-3)7-8-5-2/h6-8H,1H2,2-3H3. The molecule has 0 bridgehead atoms. The van der Waals surface area contributed by atoms with Crippen molar-refractivity contribution in [1.82, 2.24) is 16.1 Å². The van der Waals surface area contributed by atoms with E-state index in [-0.39, 0.29) is 0 Å². The quantitative estimate of drug-likeness (QED) is 0.337. The fourth-order valence-electron chi connectivity index (χ4n) is 0.222. The molecule has 0 unspecified atom stereocenters. The number of hydrazine groups is 1. The van der Waals surface area contributed by atoms with Crippen molar-refractivity contribution in [2.24, 2.45) is 0 Å². The van der Waals surface area contributed by atoms with Crippen LogP contribution in [0.25, 0.3) is 0 Å². The third kappa shape index (κ3) is 3.55. The van der Waals surface area contributed by atoms with Crippen LogP contribution < -0.4 is 16.1 Å². The van der Waals surface area contributed by atoms with Crippen molar-refractivity contribution < 1.29 is 0 Å². The maximum absolute atomic E-state index is 3.61. The predicted molar refractivity (Wildman–Crippen MR) is 36.1 cm³/mol. The molecule has 1 radical (unpaired) electrons. The van der Waals surface area contributed by atoms with Crippen molar-refractivity contribution in [2.45, 2.75) is 6.82 Å². The molecule has 0 aromatic heterocycles. The summed E-state index contributed by atoms with van der Waals surface area (Å²) in [6, 6.07) is 0. The van der Waals surface area contributed by atoms with Gasteiger partial charge in [0.05, 0.1) is 0 Å². The first-order valence-corrected chi connectivity index (χ1v) is 2.47. The minimum absolute atomic E-state index is 0.753. The van der Waals surface area contributed by atoms with Crippen molar-refractivity contribution in [1.29, 1.82) is 0 Å². The summed E-state index contributed by atoms with van der Waals surface area (Å²) in [5.74, 6) is 0.753. The van der Waals surface area contributed by atoms with Crippen LogP contribution in [0.1, 0.15) is 0 Å². The first kappa shape index (κ1) is 7.36. The molecule has 0 aromatic rings. The van der Waals surface area contributed by atoms with Gasteiger partial charge >= 0.3 is 0 Å². The summed E-state index contributed by atoms with van der Waals surface area (Å²) >= 11 is 0. The van der Waals surface area contributed by atoms with Crippen LogP contribution in [0.2, 0.25) is 6.82 Å². The lowest BCUT2D eigenvalue weighted by atomic mass is 10.0. The zero-order valence-electron chi connectivity index (χ0n) is 5.28. The lowest BCUT2D eigenvalue weighted by Crippen LogP contribution is -2.36. The van der Waals surface area contributed by atoms with Gasteiger partial charge in [0.1, 0.15) is 5.82 Å². The highest BCUT2D eigenvalue weighted by Gasteiger charge is 1.81. The molecule has 0 spiro atoms. The summed E-state index contributed by atoms with van der Waals surface area (Å²) in [7, 11) is 3.58. The van der Waals surface area contributed by atoms with Crippen LogP contribution in [-0.4, -0.2) is 14.5 Å². The summed E-state index contributed by atoms with van der Waals surface area (Å²) in [6.45, 7) is 5.49. The molecular weight excluding hydrogens is 101 g/mol. The highest BCUT2D eigenvalue weighted by molar-refractivity contribution is 6.29. The molecule has 0 aliphatic heterocycles. The second kappa shape index (κ2) is 4.52. The van der Waals surface area contributed by atoms with Gasteiger partial charge in [-0.1, -0.05) is 13.4 Å². The predicted octanol–water partition coefficient (Wildman–Crippen LogP) is -0.562. The Bertz CT molecular complexity index is 73.7. The van der Waals surface area contributed by atoms with Gasteiger partial charge in [-0.15, -0.1) is 0 Å². The zero-order chi connectivity index (χ0) is 6.41. The second-order valence-electron chi connectivity index (χ2n) is 1.29. The first-order valence-electron chi connectivity index (χ1n) is 2.47. The van der Waals surface area contributed by atoms with Gasteiger partial charge in [-0.3, -0.25) is 5.34 Å². The molecule has 0 fully saturated rings. The van der Waals surface area contributed by atoms with E-state index in [9.17, 15) is 0 Å². The van der Waals surface area contributed by atoms with Crippen LogP contribution in [0.15, 0.2) is 12.4 Å². The van der Waals surface area contributed by atoms with Crippen LogP contribution >= 0.6 is 0 Å². The van der Waals surface area contributed by atoms with Gasteiger partial charge in [0, 0.05) is 7.05 Å². The molecule has 0 saturated carbocycles. The van der Waals surface area contributed by atoms with E-state index in [0.29, 0.717) is 0 Å². The molecule has 0 aliphatic carbocycles. The second-order valence-corrected chi connectivity index (χ2v) is 1.29. The fraction of sp³-hybridized carbons (Fsp3) is 0.500. The lowest BCUT2D eigenvalue weighted by Gasteiger charge is -2.06. The van der Waals surface area contributed by atoms with Crippen LogP contribution in [0.4, 0.5) is 0 Å². The Morgan fingerprint density at radius 3 is 2.62 bits per heavy atom. The minimum Gasteiger partial charge on any atom is -0.374 e. The Hall–Kier alpha value is -0.635. The van der Waals surface area contributed by atoms with Gasteiger partial charge in [-0.05, 0) is 0 Å². The normalized spacial score (nSPS) is 7.75. The Morgan fingerprint density at radius 1 is 1.62 bits per heavy atom. The lowest BCUT2D eigenvalue weighted by molar-refractivity contribution is 0.723. The number of nitrogens with one attached hydrogen (secondary N) is 3. The van der Waals surface area contributed by atoms with Gasteiger partial charge < -0.3 is 10.7 Å². The molecule has 0 saturated heterocycles. The molecule has 0 aliphatic rings. The molecule has 0 rings (SSSR count). The van der Waals surface area contributed by atoms with Crippen LogP contribution in [0.5, 0.6) is 0 Å². The molecule has 8 heavy (non-hydrogen) atoms. The number of hydrogen-bond acceptors (Lipinski definition) is 3. The number of hydrogen-bond donors (Lipinski definition) is 3. The van der Waals surface area contributed by atoms with E-state index >= 15 is 0 Å². The highest BCUT2D eigenvalue weighted by Crippen LogP contribution is 1.64. The number of rotatable bonds is 4. The summed E-state index contributed by atoms with van der Waals surface area (Å²) in [6.07, 6.45) is 0. The van der Waals surface area contributed by atoms with Gasteiger partial charge in [0.25, 0.3) is 0 Å².